The summed E-state index contributed by atoms with van der Waals surface area (Å²) in [4.78, 5) is 0. The number of hydrogen-bond donors (Lipinski definition) is 1. The lowest BCUT2D eigenvalue weighted by molar-refractivity contribution is -0.109. The van der Waals surface area contributed by atoms with Crippen LogP contribution in [0.5, 0.6) is 0 Å². The maximum Gasteiger partial charge on any atom is 0.158 e. The van der Waals surface area contributed by atoms with Gasteiger partial charge in [0.2, 0.25) is 0 Å². The van der Waals surface area contributed by atoms with E-state index in [0.717, 1.165) is 0 Å². The summed E-state index contributed by atoms with van der Waals surface area (Å²) in [6.45, 7) is 2.66. The molecule has 74 valence electrons. The minimum atomic E-state index is -0.736. The second-order valence-electron chi connectivity index (χ2n) is 3.31. The maximum absolute atomic E-state index is 8.97. The van der Waals surface area contributed by atoms with E-state index < -0.39 is 5.60 Å². The highest BCUT2D eigenvalue weighted by atomic mass is 16.5. The first-order chi connectivity index (χ1) is 6.22. The Morgan fingerprint density at radius 3 is 3.08 bits per heavy atom. The third kappa shape index (κ3) is 2.66. The Morgan fingerprint density at radius 1 is 1.77 bits per heavy atom. The number of nitrogens with zero attached hydrogens (tertiary/aromatic N) is 1. The van der Waals surface area contributed by atoms with Crippen LogP contribution in [0.4, 0.5) is 0 Å². The number of hydrogen-bond acceptors (Lipinski definition) is 4. The van der Waals surface area contributed by atoms with Crippen molar-refractivity contribution in [2.24, 2.45) is 0 Å². The molecule has 0 aromatic heterocycles. The van der Waals surface area contributed by atoms with Crippen LogP contribution in [0.3, 0.4) is 0 Å². The fourth-order valence-corrected chi connectivity index (χ4v) is 1.56. The van der Waals surface area contributed by atoms with Crippen LogP contribution >= 0.6 is 0 Å². The summed E-state index contributed by atoms with van der Waals surface area (Å²) in [5.41, 5.74) is -0.736. The van der Waals surface area contributed by atoms with E-state index in [4.69, 9.17) is 19.8 Å². The predicted octanol–water partition coefficient (Wildman–Crippen LogP) is 0.457. The van der Waals surface area contributed by atoms with Crippen molar-refractivity contribution >= 4 is 0 Å². The molecule has 0 aromatic rings. The molecule has 1 aliphatic rings. The first-order valence-corrected chi connectivity index (χ1v) is 4.50. The van der Waals surface area contributed by atoms with E-state index >= 15 is 0 Å². The van der Waals surface area contributed by atoms with Crippen molar-refractivity contribution in [1.82, 2.24) is 0 Å². The topological polar surface area (TPSA) is 62.5 Å². The van der Waals surface area contributed by atoms with Gasteiger partial charge >= 0.3 is 0 Å². The molecule has 0 aliphatic carbocycles. The smallest absolute Gasteiger partial charge is 0.158 e. The molecule has 1 heterocycles. The van der Waals surface area contributed by atoms with E-state index in [1.54, 1.807) is 0 Å². The third-order valence-corrected chi connectivity index (χ3v) is 2.20. The molecule has 0 radical (unpaired) electrons. The number of nitriles is 1. The zero-order chi connectivity index (χ0) is 9.73. The van der Waals surface area contributed by atoms with Gasteiger partial charge in [-0.15, -0.1) is 0 Å². The van der Waals surface area contributed by atoms with E-state index in [9.17, 15) is 0 Å². The van der Waals surface area contributed by atoms with Crippen molar-refractivity contribution in [2.45, 2.75) is 31.5 Å². The molecule has 0 spiro atoms. The van der Waals surface area contributed by atoms with Crippen molar-refractivity contribution in [2.75, 3.05) is 19.8 Å². The summed E-state index contributed by atoms with van der Waals surface area (Å²) in [7, 11) is 0. The molecule has 0 bridgehead atoms. The summed E-state index contributed by atoms with van der Waals surface area (Å²) in [5.74, 6) is 0. The largest absolute Gasteiger partial charge is 0.394 e. The van der Waals surface area contributed by atoms with E-state index in [2.05, 4.69) is 6.07 Å². The molecular formula is C9H15NO3. The standard InChI is InChI=1S/C9H15NO3/c1-8-6-9(7-10,2-4-12-8)13-5-3-11/h8,11H,2-6H2,1H3. The Bertz CT molecular complexity index is 202. The second kappa shape index (κ2) is 4.56. The number of aliphatic hydroxyl groups excluding tert-OH is 1. The molecule has 1 aliphatic heterocycles. The van der Waals surface area contributed by atoms with Gasteiger partial charge in [0.05, 0.1) is 32.0 Å². The average molecular weight is 185 g/mol. The molecule has 4 heteroatoms. The first-order valence-electron chi connectivity index (χ1n) is 4.50. The Balaban J connectivity index is 2.53. The highest BCUT2D eigenvalue weighted by Crippen LogP contribution is 2.27. The molecule has 0 aromatic carbocycles. The van der Waals surface area contributed by atoms with Crippen LogP contribution < -0.4 is 0 Å². The van der Waals surface area contributed by atoms with Gasteiger partial charge in [-0.2, -0.15) is 5.26 Å². The molecule has 13 heavy (non-hydrogen) atoms. The highest BCUT2D eigenvalue weighted by Gasteiger charge is 2.36. The van der Waals surface area contributed by atoms with Crippen LogP contribution in [0, 0.1) is 11.3 Å². The van der Waals surface area contributed by atoms with Crippen molar-refractivity contribution in [3.63, 3.8) is 0 Å². The lowest BCUT2D eigenvalue weighted by atomic mass is 9.92. The van der Waals surface area contributed by atoms with Gasteiger partial charge in [-0.1, -0.05) is 0 Å². The molecule has 1 rings (SSSR count). The lowest BCUT2D eigenvalue weighted by Crippen LogP contribution is -2.41. The molecular weight excluding hydrogens is 170 g/mol. The normalized spacial score (nSPS) is 34.1. The number of ether oxygens (including phenoxy) is 2. The van der Waals surface area contributed by atoms with Gasteiger partial charge in [0, 0.05) is 12.8 Å². The molecule has 1 N–H and O–H groups in total. The van der Waals surface area contributed by atoms with Gasteiger partial charge in [-0.05, 0) is 6.92 Å². The van der Waals surface area contributed by atoms with E-state index in [1.165, 1.54) is 0 Å². The van der Waals surface area contributed by atoms with E-state index in [1.807, 2.05) is 6.92 Å². The quantitative estimate of drug-likeness (QED) is 0.693. The minimum Gasteiger partial charge on any atom is -0.394 e. The van der Waals surface area contributed by atoms with Gasteiger partial charge in [-0.3, -0.25) is 0 Å². The zero-order valence-corrected chi connectivity index (χ0v) is 7.82. The van der Waals surface area contributed by atoms with Crippen LogP contribution in [-0.2, 0) is 9.47 Å². The van der Waals surface area contributed by atoms with E-state index in [-0.39, 0.29) is 19.3 Å². The van der Waals surface area contributed by atoms with Crippen molar-refractivity contribution in [3.05, 3.63) is 0 Å². The monoisotopic (exact) mass is 185 g/mol. The number of rotatable bonds is 3. The molecule has 2 unspecified atom stereocenters. The van der Waals surface area contributed by atoms with Gasteiger partial charge in [0.15, 0.2) is 5.60 Å². The fourth-order valence-electron chi connectivity index (χ4n) is 1.56. The molecule has 1 fully saturated rings. The van der Waals surface area contributed by atoms with Crippen LogP contribution in [0.15, 0.2) is 0 Å². The number of aliphatic hydroxyl groups is 1. The summed E-state index contributed by atoms with van der Waals surface area (Å²) < 4.78 is 10.7. The molecule has 0 saturated carbocycles. The summed E-state index contributed by atoms with van der Waals surface area (Å²) in [6.07, 6.45) is 1.24. The Morgan fingerprint density at radius 2 is 2.54 bits per heavy atom. The van der Waals surface area contributed by atoms with E-state index in [0.29, 0.717) is 19.4 Å². The van der Waals surface area contributed by atoms with Crippen molar-refractivity contribution in [1.29, 1.82) is 5.26 Å². The minimum absolute atomic E-state index is 0.0430. The Hall–Kier alpha value is -0.630. The molecule has 0 amide bonds. The SMILES string of the molecule is CC1CC(C#N)(OCCO)CCO1. The summed E-state index contributed by atoms with van der Waals surface area (Å²) in [5, 5.41) is 17.6. The van der Waals surface area contributed by atoms with Gasteiger partial charge in [0.1, 0.15) is 0 Å². The van der Waals surface area contributed by atoms with Gasteiger partial charge in [0.25, 0.3) is 0 Å². The fraction of sp³-hybridized carbons (Fsp3) is 0.889. The molecule has 1 saturated heterocycles. The second-order valence-corrected chi connectivity index (χ2v) is 3.31. The van der Waals surface area contributed by atoms with Gasteiger partial charge < -0.3 is 14.6 Å². The van der Waals surface area contributed by atoms with Crippen LogP contribution in [-0.4, -0.2) is 36.6 Å². The Labute approximate surface area is 78.1 Å². The molecule has 4 nitrogen and oxygen atoms in total. The van der Waals surface area contributed by atoms with Crippen LogP contribution in [0.2, 0.25) is 0 Å². The summed E-state index contributed by atoms with van der Waals surface area (Å²) in [6, 6.07) is 2.17. The summed E-state index contributed by atoms with van der Waals surface area (Å²) >= 11 is 0. The zero-order valence-electron chi connectivity index (χ0n) is 7.82. The van der Waals surface area contributed by atoms with Crippen LogP contribution in [0.1, 0.15) is 19.8 Å². The lowest BCUT2D eigenvalue weighted by Gasteiger charge is -2.34. The first kappa shape index (κ1) is 10.5. The van der Waals surface area contributed by atoms with Crippen molar-refractivity contribution in [3.8, 4) is 6.07 Å². The molecule has 2 atom stereocenters. The van der Waals surface area contributed by atoms with Crippen molar-refractivity contribution < 1.29 is 14.6 Å². The van der Waals surface area contributed by atoms with Gasteiger partial charge in [-0.25, -0.2) is 0 Å². The Kier molecular flexibility index (Phi) is 3.67. The van der Waals surface area contributed by atoms with Crippen LogP contribution in [0.25, 0.3) is 0 Å². The third-order valence-electron chi connectivity index (χ3n) is 2.20. The predicted molar refractivity (Wildman–Crippen MR) is 46.0 cm³/mol. The maximum atomic E-state index is 8.97. The highest BCUT2D eigenvalue weighted by molar-refractivity contribution is 5.04. The average Bonchev–Trinajstić information content (AvgIpc) is 2.15.